The van der Waals surface area contributed by atoms with Crippen LogP contribution in [0.5, 0.6) is 0 Å². The van der Waals surface area contributed by atoms with E-state index in [2.05, 4.69) is 15.7 Å². The van der Waals surface area contributed by atoms with Crippen LogP contribution in [0.3, 0.4) is 0 Å². The van der Waals surface area contributed by atoms with E-state index in [0.29, 0.717) is 18.7 Å². The normalized spacial score (nSPS) is 10.8. The van der Waals surface area contributed by atoms with Crippen molar-refractivity contribution in [1.29, 1.82) is 0 Å². The number of benzene rings is 2. The lowest BCUT2D eigenvalue weighted by Crippen LogP contribution is -2.18. The third-order valence-corrected chi connectivity index (χ3v) is 4.66. The maximum Gasteiger partial charge on any atom is 0.293 e. The summed E-state index contributed by atoms with van der Waals surface area (Å²) in [6, 6.07) is 7.12. The van der Waals surface area contributed by atoms with Crippen LogP contribution in [0.1, 0.15) is 21.5 Å². The number of carbonyl (C=O) groups excluding carboxylic acids is 1. The van der Waals surface area contributed by atoms with Gasteiger partial charge in [0.2, 0.25) is 0 Å². The van der Waals surface area contributed by atoms with Gasteiger partial charge in [-0.1, -0.05) is 0 Å². The number of aryl methyl sites for hydroxylation is 1. The molecule has 0 saturated carbocycles. The second-order valence-corrected chi connectivity index (χ2v) is 6.93. The quantitative estimate of drug-likeness (QED) is 0.295. The lowest BCUT2D eigenvalue weighted by Gasteiger charge is -2.12. The van der Waals surface area contributed by atoms with Gasteiger partial charge in [-0.3, -0.25) is 14.9 Å². The van der Waals surface area contributed by atoms with Crippen molar-refractivity contribution in [3.63, 3.8) is 0 Å². The molecular formula is C21H21F2N5O4. The van der Waals surface area contributed by atoms with E-state index in [4.69, 9.17) is 4.74 Å². The van der Waals surface area contributed by atoms with Crippen LogP contribution >= 0.6 is 0 Å². The van der Waals surface area contributed by atoms with Gasteiger partial charge in [-0.25, -0.2) is 13.5 Å². The van der Waals surface area contributed by atoms with Gasteiger partial charge in [0, 0.05) is 36.4 Å². The van der Waals surface area contributed by atoms with Crippen LogP contribution < -0.4 is 10.6 Å². The zero-order chi connectivity index (χ0) is 23.3. The number of carbonyl (C=O) groups is 1. The van der Waals surface area contributed by atoms with Crippen LogP contribution in [-0.2, 0) is 11.3 Å². The number of anilines is 2. The van der Waals surface area contributed by atoms with Crippen LogP contribution in [0.2, 0.25) is 0 Å². The number of rotatable bonds is 9. The Kier molecular flexibility index (Phi) is 7.11. The molecule has 2 aromatic carbocycles. The highest BCUT2D eigenvalue weighted by Gasteiger charge is 2.20. The van der Waals surface area contributed by atoms with E-state index in [-0.39, 0.29) is 34.9 Å². The van der Waals surface area contributed by atoms with Crippen LogP contribution in [-0.4, -0.2) is 40.9 Å². The van der Waals surface area contributed by atoms with Crippen molar-refractivity contribution in [2.45, 2.75) is 13.5 Å². The van der Waals surface area contributed by atoms with Crippen LogP contribution in [0.25, 0.3) is 0 Å². The molecule has 0 unspecified atom stereocenters. The van der Waals surface area contributed by atoms with E-state index in [0.717, 1.165) is 24.3 Å². The fourth-order valence-corrected chi connectivity index (χ4v) is 3.03. The molecule has 1 heterocycles. The summed E-state index contributed by atoms with van der Waals surface area (Å²) in [5, 5.41) is 21.1. The molecule has 3 aromatic rings. The molecule has 0 radical (unpaired) electrons. The molecule has 1 aromatic heterocycles. The maximum atomic E-state index is 14.0. The van der Waals surface area contributed by atoms with E-state index in [9.17, 15) is 23.7 Å². The topological polar surface area (TPSA) is 111 Å². The first-order valence-corrected chi connectivity index (χ1v) is 9.59. The van der Waals surface area contributed by atoms with Crippen LogP contribution in [0.4, 0.5) is 26.0 Å². The summed E-state index contributed by atoms with van der Waals surface area (Å²) in [7, 11) is 1.51. The number of nitrogens with zero attached hydrogens (tertiary/aromatic N) is 3. The molecule has 0 aliphatic rings. The Morgan fingerprint density at radius 3 is 2.75 bits per heavy atom. The highest BCUT2D eigenvalue weighted by molar-refractivity contribution is 6.05. The Labute approximate surface area is 182 Å². The maximum absolute atomic E-state index is 14.0. The summed E-state index contributed by atoms with van der Waals surface area (Å²) in [5.74, 6) is -1.55. The number of nitro groups is 1. The summed E-state index contributed by atoms with van der Waals surface area (Å²) < 4.78 is 33.7. The highest BCUT2D eigenvalue weighted by atomic mass is 19.1. The standard InChI is InChI=1S/C21H21F2N5O4/c1-13-11-25-27(12-15-9-16(22)4-5-17(15)23)20(13)26-21(29)14-3-6-18(24-7-8-32-2)19(10-14)28(30)31/h3-6,9-11,24H,7-8,12H2,1-2H3,(H,26,29). The molecule has 0 saturated heterocycles. The Morgan fingerprint density at radius 2 is 2.03 bits per heavy atom. The Morgan fingerprint density at radius 1 is 1.25 bits per heavy atom. The summed E-state index contributed by atoms with van der Waals surface area (Å²) in [6.07, 6.45) is 1.47. The number of nitro benzene ring substituents is 1. The molecule has 32 heavy (non-hydrogen) atoms. The SMILES string of the molecule is COCCNc1ccc(C(=O)Nc2c(C)cnn2Cc2cc(F)ccc2F)cc1[N+](=O)[O-]. The lowest BCUT2D eigenvalue weighted by molar-refractivity contribution is -0.384. The molecule has 0 spiro atoms. The molecule has 0 bridgehead atoms. The largest absolute Gasteiger partial charge is 0.383 e. The highest BCUT2D eigenvalue weighted by Crippen LogP contribution is 2.26. The first-order valence-electron chi connectivity index (χ1n) is 9.59. The molecule has 0 aliphatic heterocycles. The van der Waals surface area contributed by atoms with Crippen molar-refractivity contribution in [3.8, 4) is 0 Å². The monoisotopic (exact) mass is 445 g/mol. The molecule has 1 amide bonds. The first kappa shape index (κ1) is 22.8. The van der Waals surface area contributed by atoms with Gasteiger partial charge >= 0.3 is 0 Å². The van der Waals surface area contributed by atoms with E-state index < -0.39 is 22.5 Å². The van der Waals surface area contributed by atoms with Gasteiger partial charge in [0.25, 0.3) is 11.6 Å². The molecular weight excluding hydrogens is 424 g/mol. The molecule has 0 fully saturated rings. The molecule has 3 rings (SSSR count). The average molecular weight is 445 g/mol. The van der Waals surface area contributed by atoms with E-state index >= 15 is 0 Å². The number of hydrogen-bond donors (Lipinski definition) is 2. The van der Waals surface area contributed by atoms with Crippen molar-refractivity contribution in [1.82, 2.24) is 9.78 Å². The summed E-state index contributed by atoms with van der Waals surface area (Å²) in [6.45, 7) is 2.29. The van der Waals surface area contributed by atoms with Crippen LogP contribution in [0.15, 0.2) is 42.6 Å². The van der Waals surface area contributed by atoms with Crippen molar-refractivity contribution in [3.05, 3.63) is 81.0 Å². The Bertz CT molecular complexity index is 1150. The van der Waals surface area contributed by atoms with Gasteiger partial charge in [-0.15, -0.1) is 0 Å². The van der Waals surface area contributed by atoms with Gasteiger partial charge < -0.3 is 15.4 Å². The van der Waals surface area contributed by atoms with Crippen molar-refractivity contribution < 1.29 is 23.2 Å². The van der Waals surface area contributed by atoms with Gasteiger partial charge in [-0.2, -0.15) is 5.10 Å². The molecule has 2 N–H and O–H groups in total. The van der Waals surface area contributed by atoms with Crippen molar-refractivity contribution in [2.24, 2.45) is 0 Å². The van der Waals surface area contributed by atoms with Gasteiger partial charge in [0.1, 0.15) is 23.1 Å². The number of methoxy groups -OCH3 is 1. The lowest BCUT2D eigenvalue weighted by atomic mass is 10.1. The molecule has 11 heteroatoms. The Hall–Kier alpha value is -3.86. The number of halogens is 2. The minimum absolute atomic E-state index is 0.0538. The molecule has 0 atom stereocenters. The zero-order valence-electron chi connectivity index (χ0n) is 17.4. The number of hydrogen-bond acceptors (Lipinski definition) is 6. The fourth-order valence-electron chi connectivity index (χ4n) is 3.03. The number of ether oxygens (including phenoxy) is 1. The van der Waals surface area contributed by atoms with E-state index in [1.54, 1.807) is 6.92 Å². The molecule has 0 aliphatic carbocycles. The number of nitrogens with one attached hydrogen (secondary N) is 2. The third-order valence-electron chi connectivity index (χ3n) is 4.66. The number of amides is 1. The third kappa shape index (κ3) is 5.24. The Balaban J connectivity index is 1.83. The second kappa shape index (κ2) is 9.96. The van der Waals surface area contributed by atoms with Gasteiger partial charge in [0.05, 0.1) is 24.3 Å². The fraction of sp³-hybridized carbons (Fsp3) is 0.238. The minimum atomic E-state index is -0.610. The van der Waals surface area contributed by atoms with E-state index in [1.807, 2.05) is 0 Å². The average Bonchev–Trinajstić information content (AvgIpc) is 3.10. The second-order valence-electron chi connectivity index (χ2n) is 6.93. The smallest absolute Gasteiger partial charge is 0.293 e. The van der Waals surface area contributed by atoms with E-state index in [1.165, 1.54) is 30.1 Å². The molecule has 168 valence electrons. The summed E-state index contributed by atoms with van der Waals surface area (Å²) in [5.41, 5.74) is 0.693. The van der Waals surface area contributed by atoms with Gasteiger partial charge in [-0.05, 0) is 37.3 Å². The van der Waals surface area contributed by atoms with Crippen LogP contribution in [0, 0.1) is 28.7 Å². The number of aromatic nitrogens is 2. The van der Waals surface area contributed by atoms with Crippen molar-refractivity contribution >= 4 is 23.1 Å². The predicted octanol–water partition coefficient (Wildman–Crippen LogP) is 3.74. The zero-order valence-corrected chi connectivity index (χ0v) is 17.4. The minimum Gasteiger partial charge on any atom is -0.383 e. The predicted molar refractivity (Wildman–Crippen MR) is 114 cm³/mol. The van der Waals surface area contributed by atoms with Gasteiger partial charge in [0.15, 0.2) is 0 Å². The van der Waals surface area contributed by atoms with Crippen molar-refractivity contribution in [2.75, 3.05) is 30.9 Å². The first-order chi connectivity index (χ1) is 15.3. The summed E-state index contributed by atoms with van der Waals surface area (Å²) in [4.78, 5) is 23.6. The summed E-state index contributed by atoms with van der Waals surface area (Å²) >= 11 is 0. The molecule has 9 nitrogen and oxygen atoms in total.